The molecule has 1 heterocycles. The molecule has 1 aliphatic rings. The van der Waals surface area contributed by atoms with Crippen LogP contribution < -0.4 is 9.64 Å². The fourth-order valence-corrected chi connectivity index (χ4v) is 3.46. The lowest BCUT2D eigenvalue weighted by molar-refractivity contribution is -0.136. The molecule has 1 N–H and O–H groups in total. The van der Waals surface area contributed by atoms with Crippen LogP contribution in [0.25, 0.3) is 6.08 Å². The van der Waals surface area contributed by atoms with E-state index in [9.17, 15) is 9.59 Å². The van der Waals surface area contributed by atoms with Crippen molar-refractivity contribution in [1.29, 1.82) is 0 Å². The van der Waals surface area contributed by atoms with Gasteiger partial charge in [-0.25, -0.2) is 0 Å². The Morgan fingerprint density at radius 2 is 1.92 bits per heavy atom. The molecule has 0 bridgehead atoms. The molecule has 0 saturated carbocycles. The van der Waals surface area contributed by atoms with Gasteiger partial charge >= 0.3 is 5.97 Å². The first-order chi connectivity index (χ1) is 11.6. The van der Waals surface area contributed by atoms with Gasteiger partial charge in [-0.2, -0.15) is 0 Å². The summed E-state index contributed by atoms with van der Waals surface area (Å²) < 4.78 is 5.12. The molecule has 0 atom stereocenters. The van der Waals surface area contributed by atoms with Gasteiger partial charge in [-0.15, -0.1) is 0 Å². The summed E-state index contributed by atoms with van der Waals surface area (Å²) in [5, 5.41) is 9.11. The highest BCUT2D eigenvalue weighted by atomic mass is 32.2. The molecule has 0 radical (unpaired) electrons. The second-order valence-corrected chi connectivity index (χ2v) is 6.22. The van der Waals surface area contributed by atoms with Crippen molar-refractivity contribution >= 4 is 35.4 Å². The standard InChI is InChI=1S/C18H15NO4S/c1-23-13-8-6-12(7-9-13)10-16-18(22)19(11-17(20)21)14-4-2-3-5-15(14)24-16/h2-10H,11H2,1H3,(H,20,21)/b16-10-. The second-order valence-electron chi connectivity index (χ2n) is 5.14. The maximum absolute atomic E-state index is 12.7. The third-order valence-corrected chi connectivity index (χ3v) is 4.62. The summed E-state index contributed by atoms with van der Waals surface area (Å²) in [5.74, 6) is -0.622. The van der Waals surface area contributed by atoms with Gasteiger partial charge < -0.3 is 9.84 Å². The molecule has 122 valence electrons. The second kappa shape index (κ2) is 6.80. The van der Waals surface area contributed by atoms with E-state index in [1.165, 1.54) is 16.7 Å². The Labute approximate surface area is 143 Å². The molecular formula is C18H15NO4S. The summed E-state index contributed by atoms with van der Waals surface area (Å²) in [5.41, 5.74) is 1.48. The highest BCUT2D eigenvalue weighted by molar-refractivity contribution is 8.04. The molecule has 6 heteroatoms. The van der Waals surface area contributed by atoms with Crippen molar-refractivity contribution < 1.29 is 19.4 Å². The number of hydrogen-bond donors (Lipinski definition) is 1. The van der Waals surface area contributed by atoms with E-state index in [-0.39, 0.29) is 12.5 Å². The number of fused-ring (bicyclic) bond motifs is 1. The quantitative estimate of drug-likeness (QED) is 0.865. The first kappa shape index (κ1) is 16.1. The molecule has 2 aromatic rings. The van der Waals surface area contributed by atoms with Gasteiger partial charge in [0.2, 0.25) is 0 Å². The van der Waals surface area contributed by atoms with Crippen molar-refractivity contribution in [2.75, 3.05) is 18.6 Å². The lowest BCUT2D eigenvalue weighted by Crippen LogP contribution is -2.38. The monoisotopic (exact) mass is 341 g/mol. The van der Waals surface area contributed by atoms with Gasteiger partial charge in [0.1, 0.15) is 12.3 Å². The molecule has 3 rings (SSSR count). The van der Waals surface area contributed by atoms with Crippen LogP contribution in [0.15, 0.2) is 58.3 Å². The first-order valence-corrected chi connectivity index (χ1v) is 8.06. The van der Waals surface area contributed by atoms with Gasteiger partial charge in [0, 0.05) is 4.90 Å². The van der Waals surface area contributed by atoms with E-state index >= 15 is 0 Å². The molecule has 1 amide bonds. The van der Waals surface area contributed by atoms with E-state index in [0.29, 0.717) is 10.6 Å². The Morgan fingerprint density at radius 1 is 1.21 bits per heavy atom. The van der Waals surface area contributed by atoms with Crippen LogP contribution in [0, 0.1) is 0 Å². The molecule has 24 heavy (non-hydrogen) atoms. The minimum atomic E-state index is -1.05. The fourth-order valence-electron chi connectivity index (χ4n) is 2.41. The van der Waals surface area contributed by atoms with Gasteiger partial charge in [0.15, 0.2) is 0 Å². The van der Waals surface area contributed by atoms with E-state index < -0.39 is 5.97 Å². The summed E-state index contributed by atoms with van der Waals surface area (Å²) in [4.78, 5) is 26.5. The summed E-state index contributed by atoms with van der Waals surface area (Å²) in [6.45, 7) is -0.365. The molecule has 0 unspecified atom stereocenters. The molecule has 0 fully saturated rings. The van der Waals surface area contributed by atoms with Crippen LogP contribution in [0.5, 0.6) is 5.75 Å². The lowest BCUT2D eigenvalue weighted by Gasteiger charge is -2.28. The number of amides is 1. The van der Waals surface area contributed by atoms with E-state index in [2.05, 4.69) is 0 Å². The van der Waals surface area contributed by atoms with E-state index in [1.54, 1.807) is 25.3 Å². The van der Waals surface area contributed by atoms with Crippen LogP contribution in [0.4, 0.5) is 5.69 Å². The predicted octanol–water partition coefficient (Wildman–Crippen LogP) is 3.26. The number of carbonyl (C=O) groups is 2. The number of rotatable bonds is 4. The Hall–Kier alpha value is -2.73. The molecule has 5 nitrogen and oxygen atoms in total. The van der Waals surface area contributed by atoms with Crippen LogP contribution in [-0.2, 0) is 9.59 Å². The van der Waals surface area contributed by atoms with Gasteiger partial charge in [-0.3, -0.25) is 14.5 Å². The summed E-state index contributed by atoms with van der Waals surface area (Å²) in [6, 6.07) is 14.6. The summed E-state index contributed by atoms with van der Waals surface area (Å²) >= 11 is 1.35. The zero-order valence-corrected chi connectivity index (χ0v) is 13.7. The Balaban J connectivity index is 1.98. The minimum Gasteiger partial charge on any atom is -0.497 e. The van der Waals surface area contributed by atoms with Gasteiger partial charge in [0.25, 0.3) is 5.91 Å². The zero-order valence-electron chi connectivity index (χ0n) is 12.9. The average molecular weight is 341 g/mol. The molecular weight excluding hydrogens is 326 g/mol. The number of thioether (sulfide) groups is 1. The van der Waals surface area contributed by atoms with Gasteiger partial charge in [-0.05, 0) is 35.9 Å². The minimum absolute atomic E-state index is 0.308. The number of hydrogen-bond acceptors (Lipinski definition) is 4. The maximum atomic E-state index is 12.7. The molecule has 0 aliphatic carbocycles. The van der Waals surface area contributed by atoms with Crippen LogP contribution >= 0.6 is 11.8 Å². The number of carboxylic acid groups (broad SMARTS) is 1. The largest absolute Gasteiger partial charge is 0.497 e. The van der Waals surface area contributed by atoms with Crippen molar-refractivity contribution in [3.63, 3.8) is 0 Å². The number of carbonyl (C=O) groups excluding carboxylic acids is 1. The van der Waals surface area contributed by atoms with Crippen LogP contribution in [0.3, 0.4) is 0 Å². The number of anilines is 1. The highest BCUT2D eigenvalue weighted by Crippen LogP contribution is 2.41. The molecule has 1 aliphatic heterocycles. The zero-order chi connectivity index (χ0) is 17.1. The van der Waals surface area contributed by atoms with E-state index in [1.807, 2.05) is 36.4 Å². The van der Waals surface area contributed by atoms with Crippen molar-refractivity contribution in [3.05, 3.63) is 59.0 Å². The number of carboxylic acids is 1. The Bertz CT molecular complexity index is 814. The van der Waals surface area contributed by atoms with Crippen molar-refractivity contribution in [2.24, 2.45) is 0 Å². The van der Waals surface area contributed by atoms with E-state index in [0.717, 1.165) is 16.2 Å². The number of benzene rings is 2. The molecule has 0 saturated heterocycles. The van der Waals surface area contributed by atoms with Crippen molar-refractivity contribution in [1.82, 2.24) is 0 Å². The number of aliphatic carboxylic acids is 1. The van der Waals surface area contributed by atoms with Gasteiger partial charge in [-0.1, -0.05) is 36.0 Å². The number of ether oxygens (including phenoxy) is 1. The molecule has 0 spiro atoms. The first-order valence-electron chi connectivity index (χ1n) is 7.25. The summed E-state index contributed by atoms with van der Waals surface area (Å²) in [6.07, 6.45) is 1.76. The van der Waals surface area contributed by atoms with Crippen molar-refractivity contribution in [2.45, 2.75) is 4.90 Å². The van der Waals surface area contributed by atoms with Crippen LogP contribution in [0.2, 0.25) is 0 Å². The summed E-state index contributed by atoms with van der Waals surface area (Å²) in [7, 11) is 1.59. The number of nitrogens with zero attached hydrogens (tertiary/aromatic N) is 1. The topological polar surface area (TPSA) is 66.8 Å². The van der Waals surface area contributed by atoms with Crippen molar-refractivity contribution in [3.8, 4) is 5.75 Å². The highest BCUT2D eigenvalue weighted by Gasteiger charge is 2.30. The van der Waals surface area contributed by atoms with Crippen LogP contribution in [-0.4, -0.2) is 30.6 Å². The third-order valence-electron chi connectivity index (χ3n) is 3.54. The molecule has 0 aromatic heterocycles. The average Bonchev–Trinajstić information content (AvgIpc) is 2.59. The maximum Gasteiger partial charge on any atom is 0.323 e. The fraction of sp³-hybridized carbons (Fsp3) is 0.111. The predicted molar refractivity (Wildman–Crippen MR) is 93.3 cm³/mol. The van der Waals surface area contributed by atoms with E-state index in [4.69, 9.17) is 9.84 Å². The number of para-hydroxylation sites is 1. The normalized spacial score (nSPS) is 15.3. The molecule has 2 aromatic carbocycles. The number of methoxy groups -OCH3 is 1. The Kier molecular flexibility index (Phi) is 4.57. The van der Waals surface area contributed by atoms with Gasteiger partial charge in [0.05, 0.1) is 17.7 Å². The van der Waals surface area contributed by atoms with Crippen LogP contribution in [0.1, 0.15) is 5.56 Å². The lowest BCUT2D eigenvalue weighted by atomic mass is 10.2. The Morgan fingerprint density at radius 3 is 2.58 bits per heavy atom. The third kappa shape index (κ3) is 3.28. The SMILES string of the molecule is COc1ccc(/C=C2\Sc3ccccc3N(CC(=O)O)C2=O)cc1. The smallest absolute Gasteiger partial charge is 0.323 e.